The van der Waals surface area contributed by atoms with Crippen LogP contribution in [0.1, 0.15) is 30.0 Å². The van der Waals surface area contributed by atoms with Crippen LogP contribution < -0.4 is 10.6 Å². The van der Waals surface area contributed by atoms with E-state index in [1.54, 1.807) is 0 Å². The van der Waals surface area contributed by atoms with Gasteiger partial charge in [0.2, 0.25) is 5.91 Å². The molecule has 3 aromatic carbocycles. The van der Waals surface area contributed by atoms with Crippen molar-refractivity contribution < 1.29 is 23.1 Å². The zero-order chi connectivity index (χ0) is 26.9. The molecule has 4 aromatic rings. The molecule has 4 rings (SSSR count). The van der Waals surface area contributed by atoms with Crippen LogP contribution in [-0.4, -0.2) is 40.4 Å². The van der Waals surface area contributed by atoms with Crippen molar-refractivity contribution in [3.05, 3.63) is 95.1 Å². The lowest BCUT2D eigenvalue weighted by atomic mass is 10.0. The first-order valence-electron chi connectivity index (χ1n) is 12.6. The van der Waals surface area contributed by atoms with Gasteiger partial charge >= 0.3 is 0 Å². The number of carbonyl (C=O) groups is 1. The quantitative estimate of drug-likeness (QED) is 0.207. The average Bonchev–Trinajstić information content (AvgIpc) is 3.30. The van der Waals surface area contributed by atoms with Crippen molar-refractivity contribution >= 4 is 28.8 Å². The second kappa shape index (κ2) is 13.5. The number of nitrogens with one attached hydrogen (secondary N) is 2. The Morgan fingerprint density at radius 2 is 1.79 bits per heavy atom. The zero-order valence-corrected chi connectivity index (χ0v) is 21.9. The monoisotopic (exact) mass is 539 g/mol. The third-order valence-corrected chi connectivity index (χ3v) is 6.93. The maximum atomic E-state index is 13.8. The summed E-state index contributed by atoms with van der Waals surface area (Å²) >= 11 is 1.32. The van der Waals surface area contributed by atoms with Gasteiger partial charge in [0.15, 0.2) is 5.58 Å². The summed E-state index contributed by atoms with van der Waals surface area (Å²) in [6.07, 6.45) is 0.178. The first kappa shape index (κ1) is 27.8. The molecular weight excluding hydrogens is 508 g/mol. The second-order valence-corrected chi connectivity index (χ2v) is 10.1. The fourth-order valence-corrected chi connectivity index (χ4v) is 4.93. The highest BCUT2D eigenvalue weighted by Gasteiger charge is 2.22. The standard InChI is InChI=1S/C29H31F2N3O3S/c1-2-19-6-5-7-20(12-19)17-32-18-26(35)25(15-21-13-22(30)16-23(31)14-21)33-28(36)10-11-38-29-34-24-8-3-4-9-27(24)37-29/h3-9,12-14,16,25-26,32,35H,2,10-11,15,17-18H2,1H3,(H,33,36)/t25-,26+/m1/s1. The van der Waals surface area contributed by atoms with Gasteiger partial charge in [-0.25, -0.2) is 13.8 Å². The Morgan fingerprint density at radius 3 is 2.55 bits per heavy atom. The van der Waals surface area contributed by atoms with Crippen LogP contribution in [-0.2, 0) is 24.2 Å². The number of hydrogen-bond donors (Lipinski definition) is 3. The molecule has 0 saturated carbocycles. The van der Waals surface area contributed by atoms with Crippen molar-refractivity contribution in [1.82, 2.24) is 15.6 Å². The van der Waals surface area contributed by atoms with Crippen molar-refractivity contribution in [1.29, 1.82) is 0 Å². The summed E-state index contributed by atoms with van der Waals surface area (Å²) in [5.74, 6) is -1.28. The molecule has 9 heteroatoms. The van der Waals surface area contributed by atoms with Crippen LogP contribution >= 0.6 is 11.8 Å². The summed E-state index contributed by atoms with van der Waals surface area (Å²) in [6.45, 7) is 2.82. The maximum absolute atomic E-state index is 13.8. The van der Waals surface area contributed by atoms with E-state index in [0.29, 0.717) is 28.7 Å². The van der Waals surface area contributed by atoms with Crippen LogP contribution in [0.25, 0.3) is 11.1 Å². The van der Waals surface area contributed by atoms with Gasteiger partial charge in [-0.15, -0.1) is 0 Å². The molecule has 200 valence electrons. The minimum atomic E-state index is -0.982. The van der Waals surface area contributed by atoms with E-state index >= 15 is 0 Å². The number of oxazole rings is 1. The summed E-state index contributed by atoms with van der Waals surface area (Å²) in [5.41, 5.74) is 4.08. The fraction of sp³-hybridized carbons (Fsp3) is 0.310. The summed E-state index contributed by atoms with van der Waals surface area (Å²) in [6, 6.07) is 18.0. The Labute approximate surface area is 224 Å². The van der Waals surface area contributed by atoms with Gasteiger partial charge in [0.25, 0.3) is 5.22 Å². The Balaban J connectivity index is 1.34. The molecule has 1 aromatic heterocycles. The molecule has 1 heterocycles. The fourth-order valence-electron chi connectivity index (χ4n) is 4.15. The number of aliphatic hydroxyl groups is 1. The van der Waals surface area contributed by atoms with Crippen LogP contribution in [0, 0.1) is 11.6 Å². The molecular formula is C29H31F2N3O3S. The van der Waals surface area contributed by atoms with Crippen LogP contribution in [0.15, 0.2) is 76.4 Å². The van der Waals surface area contributed by atoms with Gasteiger partial charge in [-0.05, 0) is 53.8 Å². The highest BCUT2D eigenvalue weighted by molar-refractivity contribution is 7.99. The molecule has 2 atom stereocenters. The number of halogens is 2. The maximum Gasteiger partial charge on any atom is 0.256 e. The van der Waals surface area contributed by atoms with Crippen molar-refractivity contribution in [2.24, 2.45) is 0 Å². The van der Waals surface area contributed by atoms with Crippen molar-refractivity contribution in [2.75, 3.05) is 12.3 Å². The largest absolute Gasteiger partial charge is 0.431 e. The van der Waals surface area contributed by atoms with E-state index in [1.165, 1.54) is 29.5 Å². The highest BCUT2D eigenvalue weighted by atomic mass is 32.2. The highest BCUT2D eigenvalue weighted by Crippen LogP contribution is 2.23. The summed E-state index contributed by atoms with van der Waals surface area (Å²) in [5, 5.41) is 17.5. The first-order chi connectivity index (χ1) is 18.4. The minimum Gasteiger partial charge on any atom is -0.431 e. The molecule has 0 aliphatic rings. The second-order valence-electron chi connectivity index (χ2n) is 9.07. The summed E-state index contributed by atoms with van der Waals surface area (Å²) in [4.78, 5) is 17.1. The number of amides is 1. The lowest BCUT2D eigenvalue weighted by molar-refractivity contribution is -0.122. The van der Waals surface area contributed by atoms with E-state index < -0.39 is 23.8 Å². The number of aromatic nitrogens is 1. The van der Waals surface area contributed by atoms with Crippen molar-refractivity contribution in [3.8, 4) is 0 Å². The van der Waals surface area contributed by atoms with Crippen LogP contribution in [0.2, 0.25) is 0 Å². The lowest BCUT2D eigenvalue weighted by Gasteiger charge is -2.25. The number of benzene rings is 3. The van der Waals surface area contributed by atoms with Gasteiger partial charge in [-0.3, -0.25) is 4.79 Å². The molecule has 0 bridgehead atoms. The van der Waals surface area contributed by atoms with Crippen molar-refractivity contribution in [2.45, 2.75) is 50.1 Å². The molecule has 1 amide bonds. The smallest absolute Gasteiger partial charge is 0.256 e. The minimum absolute atomic E-state index is 0.0762. The Morgan fingerprint density at radius 1 is 1.03 bits per heavy atom. The van der Waals surface area contributed by atoms with Crippen LogP contribution in [0.5, 0.6) is 0 Å². The molecule has 0 aliphatic carbocycles. The molecule has 0 aliphatic heterocycles. The normalized spacial score (nSPS) is 12.9. The van der Waals surface area contributed by atoms with E-state index in [4.69, 9.17) is 4.42 Å². The number of hydrogen-bond acceptors (Lipinski definition) is 6. The number of thioether (sulfide) groups is 1. The number of nitrogens with zero attached hydrogens (tertiary/aromatic N) is 1. The lowest BCUT2D eigenvalue weighted by Crippen LogP contribution is -2.48. The molecule has 38 heavy (non-hydrogen) atoms. The Hall–Kier alpha value is -3.27. The summed E-state index contributed by atoms with van der Waals surface area (Å²) in [7, 11) is 0. The number of aliphatic hydroxyl groups excluding tert-OH is 1. The number of carbonyl (C=O) groups excluding carboxylic acids is 1. The van der Waals surface area contributed by atoms with Gasteiger partial charge < -0.3 is 20.2 Å². The molecule has 6 nitrogen and oxygen atoms in total. The molecule has 0 fully saturated rings. The van der Waals surface area contributed by atoms with Gasteiger partial charge in [-0.2, -0.15) is 0 Å². The van der Waals surface area contributed by atoms with Gasteiger partial charge in [-0.1, -0.05) is 55.1 Å². The topological polar surface area (TPSA) is 87.4 Å². The SMILES string of the molecule is CCc1cccc(CNC[C@H](O)[C@@H](Cc2cc(F)cc(F)c2)NC(=O)CCSc2nc3ccccc3o2)c1. The van der Waals surface area contributed by atoms with E-state index in [1.807, 2.05) is 36.4 Å². The zero-order valence-electron chi connectivity index (χ0n) is 21.1. The molecule has 0 unspecified atom stereocenters. The molecule has 3 N–H and O–H groups in total. The number of rotatable bonds is 13. The van der Waals surface area contributed by atoms with Gasteiger partial charge in [0.1, 0.15) is 17.2 Å². The van der Waals surface area contributed by atoms with Gasteiger partial charge in [0, 0.05) is 31.3 Å². The predicted molar refractivity (Wildman–Crippen MR) is 145 cm³/mol. The van der Waals surface area contributed by atoms with E-state index in [9.17, 15) is 18.7 Å². The Bertz CT molecular complexity index is 1310. The summed E-state index contributed by atoms with van der Waals surface area (Å²) < 4.78 is 33.2. The molecule has 0 spiro atoms. The van der Waals surface area contributed by atoms with Crippen LogP contribution in [0.3, 0.4) is 0 Å². The van der Waals surface area contributed by atoms with E-state index in [0.717, 1.165) is 23.6 Å². The number of para-hydroxylation sites is 2. The van der Waals surface area contributed by atoms with Gasteiger partial charge in [0.05, 0.1) is 12.1 Å². The third-order valence-electron chi connectivity index (χ3n) is 6.10. The predicted octanol–water partition coefficient (Wildman–Crippen LogP) is 5.03. The van der Waals surface area contributed by atoms with E-state index in [2.05, 4.69) is 34.7 Å². The Kier molecular flexibility index (Phi) is 9.86. The first-order valence-corrected chi connectivity index (χ1v) is 13.6. The number of fused-ring (bicyclic) bond motifs is 1. The van der Waals surface area contributed by atoms with Crippen LogP contribution in [0.4, 0.5) is 8.78 Å². The molecule has 0 saturated heterocycles. The van der Waals surface area contributed by atoms with E-state index in [-0.39, 0.29) is 25.3 Å². The third kappa shape index (κ3) is 8.11. The average molecular weight is 540 g/mol. The van der Waals surface area contributed by atoms with Crippen molar-refractivity contribution in [3.63, 3.8) is 0 Å². The number of aryl methyl sites for hydroxylation is 1. The molecule has 0 radical (unpaired) electrons.